The SMILES string of the molecule is C=CCC(F)(F)c1cc(-c2c(F)cc(NCc3ccc(F)cc3F)cc2F)n(C)n1. The lowest BCUT2D eigenvalue weighted by atomic mass is 10.1. The molecule has 0 unspecified atom stereocenters. The number of nitrogens with one attached hydrogen (secondary N) is 1. The number of aryl methyl sites for hydroxylation is 1. The van der Waals surface area contributed by atoms with Crippen LogP contribution in [0.1, 0.15) is 17.7 Å². The molecule has 3 nitrogen and oxygen atoms in total. The van der Waals surface area contributed by atoms with Gasteiger partial charge >= 0.3 is 0 Å². The molecule has 1 N–H and O–H groups in total. The number of halogens is 6. The highest BCUT2D eigenvalue weighted by Gasteiger charge is 2.34. The number of nitrogens with zero attached hydrogens (tertiary/aromatic N) is 2. The molecule has 0 aliphatic carbocycles. The Morgan fingerprint density at radius 1 is 1.03 bits per heavy atom. The van der Waals surface area contributed by atoms with E-state index < -0.39 is 46.9 Å². The van der Waals surface area contributed by atoms with E-state index in [4.69, 9.17) is 0 Å². The molecule has 30 heavy (non-hydrogen) atoms. The topological polar surface area (TPSA) is 29.9 Å². The molecule has 0 aliphatic rings. The Morgan fingerprint density at radius 3 is 2.30 bits per heavy atom. The molecular formula is C21H17F6N3. The van der Waals surface area contributed by atoms with Crippen LogP contribution in [0.5, 0.6) is 0 Å². The number of aromatic nitrogens is 2. The van der Waals surface area contributed by atoms with Crippen molar-refractivity contribution in [3.63, 3.8) is 0 Å². The van der Waals surface area contributed by atoms with Crippen LogP contribution in [0.3, 0.4) is 0 Å². The van der Waals surface area contributed by atoms with Gasteiger partial charge in [-0.05, 0) is 24.3 Å². The van der Waals surface area contributed by atoms with Crippen molar-refractivity contribution in [3.05, 3.63) is 83.6 Å². The lowest BCUT2D eigenvalue weighted by Crippen LogP contribution is -2.13. The molecular weight excluding hydrogens is 408 g/mol. The van der Waals surface area contributed by atoms with Crippen molar-refractivity contribution >= 4 is 5.69 Å². The van der Waals surface area contributed by atoms with Crippen LogP contribution in [-0.4, -0.2) is 9.78 Å². The van der Waals surface area contributed by atoms with Crippen LogP contribution >= 0.6 is 0 Å². The molecule has 0 saturated carbocycles. The van der Waals surface area contributed by atoms with E-state index in [0.717, 1.165) is 35.0 Å². The standard InChI is InChI=1S/C21H17F6N3/c1-3-6-21(26,27)19-10-18(30(2)29-19)20-16(24)8-14(9-17(20)25)28-11-12-4-5-13(22)7-15(12)23/h3-5,7-10,28H,1,6,11H2,2H3. The Bertz CT molecular complexity index is 1070. The normalized spacial score (nSPS) is 11.6. The molecule has 9 heteroatoms. The van der Waals surface area contributed by atoms with Crippen LogP contribution in [0.2, 0.25) is 0 Å². The average molecular weight is 425 g/mol. The zero-order chi connectivity index (χ0) is 22.1. The predicted octanol–water partition coefficient (Wildman–Crippen LogP) is 5.92. The van der Waals surface area contributed by atoms with Gasteiger partial charge in [-0.1, -0.05) is 12.1 Å². The van der Waals surface area contributed by atoms with Crippen molar-refractivity contribution in [2.75, 3.05) is 5.32 Å². The first-order valence-electron chi connectivity index (χ1n) is 8.83. The molecule has 3 aromatic rings. The van der Waals surface area contributed by atoms with Crippen LogP contribution in [0.25, 0.3) is 11.3 Å². The predicted molar refractivity (Wildman–Crippen MR) is 101 cm³/mol. The Hall–Kier alpha value is -3.23. The van der Waals surface area contributed by atoms with Crippen LogP contribution in [0.15, 0.2) is 49.1 Å². The first-order valence-corrected chi connectivity index (χ1v) is 8.83. The largest absolute Gasteiger partial charge is 0.381 e. The Balaban J connectivity index is 1.88. The number of rotatable bonds is 7. The van der Waals surface area contributed by atoms with Crippen LogP contribution in [-0.2, 0) is 19.5 Å². The van der Waals surface area contributed by atoms with Gasteiger partial charge in [0, 0.05) is 37.3 Å². The summed E-state index contributed by atoms with van der Waals surface area (Å²) >= 11 is 0. The van der Waals surface area contributed by atoms with E-state index in [1.165, 1.54) is 13.1 Å². The number of alkyl halides is 2. The molecule has 0 saturated heterocycles. The number of hydrogen-bond donors (Lipinski definition) is 1. The molecule has 0 fully saturated rings. The minimum absolute atomic E-state index is 0.00291. The van der Waals surface area contributed by atoms with Gasteiger partial charge in [-0.2, -0.15) is 13.9 Å². The second kappa shape index (κ2) is 8.25. The quantitative estimate of drug-likeness (QED) is 0.376. The van der Waals surface area contributed by atoms with Gasteiger partial charge in [0.25, 0.3) is 5.92 Å². The molecule has 0 spiro atoms. The number of hydrogen-bond acceptors (Lipinski definition) is 2. The van der Waals surface area contributed by atoms with Crippen LogP contribution in [0, 0.1) is 23.3 Å². The van der Waals surface area contributed by atoms with Gasteiger partial charge in [0.05, 0.1) is 11.3 Å². The maximum atomic E-state index is 14.6. The third-order valence-electron chi connectivity index (χ3n) is 4.45. The van der Waals surface area contributed by atoms with Crippen molar-refractivity contribution in [3.8, 4) is 11.3 Å². The number of anilines is 1. The fourth-order valence-corrected chi connectivity index (χ4v) is 2.95. The first-order chi connectivity index (χ1) is 14.1. The monoisotopic (exact) mass is 425 g/mol. The van der Waals surface area contributed by atoms with Crippen LogP contribution < -0.4 is 5.32 Å². The highest BCUT2D eigenvalue weighted by molar-refractivity contribution is 5.65. The molecule has 158 valence electrons. The summed E-state index contributed by atoms with van der Waals surface area (Å²) in [6.07, 6.45) is 0.358. The van der Waals surface area contributed by atoms with Gasteiger partial charge in [0.2, 0.25) is 0 Å². The fourth-order valence-electron chi connectivity index (χ4n) is 2.95. The first kappa shape index (κ1) is 21.5. The van der Waals surface area contributed by atoms with Gasteiger partial charge in [-0.25, -0.2) is 17.6 Å². The Labute approximate surface area is 168 Å². The third kappa shape index (κ3) is 4.34. The second-order valence-electron chi connectivity index (χ2n) is 6.64. The van der Waals surface area contributed by atoms with Crippen molar-refractivity contribution in [1.82, 2.24) is 9.78 Å². The van der Waals surface area contributed by atoms with E-state index in [1.807, 2.05) is 0 Å². The van der Waals surface area contributed by atoms with Gasteiger partial charge in [-0.3, -0.25) is 4.68 Å². The lowest BCUT2D eigenvalue weighted by Gasteiger charge is -2.11. The molecule has 3 rings (SSSR count). The van der Waals surface area contributed by atoms with E-state index in [-0.39, 0.29) is 23.5 Å². The second-order valence-corrected chi connectivity index (χ2v) is 6.64. The summed E-state index contributed by atoms with van der Waals surface area (Å²) in [5, 5.41) is 6.32. The van der Waals surface area contributed by atoms with Gasteiger partial charge in [0.15, 0.2) is 0 Å². The van der Waals surface area contributed by atoms with Gasteiger partial charge < -0.3 is 5.32 Å². The maximum Gasteiger partial charge on any atom is 0.294 e. The average Bonchev–Trinajstić information content (AvgIpc) is 3.03. The zero-order valence-corrected chi connectivity index (χ0v) is 15.8. The van der Waals surface area contributed by atoms with E-state index in [2.05, 4.69) is 17.0 Å². The summed E-state index contributed by atoms with van der Waals surface area (Å²) < 4.78 is 85.0. The summed E-state index contributed by atoms with van der Waals surface area (Å²) in [5.41, 5.74) is -1.23. The molecule has 0 atom stereocenters. The van der Waals surface area contributed by atoms with E-state index in [1.54, 1.807) is 0 Å². The molecule has 0 radical (unpaired) electrons. The van der Waals surface area contributed by atoms with Crippen molar-refractivity contribution in [1.29, 1.82) is 0 Å². The smallest absolute Gasteiger partial charge is 0.294 e. The zero-order valence-electron chi connectivity index (χ0n) is 15.8. The Morgan fingerprint density at radius 2 is 1.70 bits per heavy atom. The molecule has 0 aliphatic heterocycles. The van der Waals surface area contributed by atoms with Crippen molar-refractivity contribution in [2.24, 2.45) is 7.05 Å². The van der Waals surface area contributed by atoms with E-state index >= 15 is 0 Å². The van der Waals surface area contributed by atoms with E-state index in [0.29, 0.717) is 6.07 Å². The molecule has 2 aromatic carbocycles. The summed E-state index contributed by atoms with van der Waals surface area (Å²) in [6, 6.07) is 5.80. The minimum atomic E-state index is -3.33. The maximum absolute atomic E-state index is 14.6. The van der Waals surface area contributed by atoms with E-state index in [9.17, 15) is 26.3 Å². The highest BCUT2D eigenvalue weighted by Crippen LogP contribution is 2.35. The summed E-state index contributed by atoms with van der Waals surface area (Å²) in [5.74, 6) is -6.90. The summed E-state index contributed by atoms with van der Waals surface area (Å²) in [4.78, 5) is 0. The van der Waals surface area contributed by atoms with Crippen molar-refractivity contribution in [2.45, 2.75) is 18.9 Å². The molecule has 0 bridgehead atoms. The molecule has 1 aromatic heterocycles. The summed E-state index contributed by atoms with van der Waals surface area (Å²) in [7, 11) is 1.30. The van der Waals surface area contributed by atoms with Gasteiger partial charge in [-0.15, -0.1) is 6.58 Å². The molecule has 1 heterocycles. The minimum Gasteiger partial charge on any atom is -0.381 e. The van der Waals surface area contributed by atoms with Crippen molar-refractivity contribution < 1.29 is 26.3 Å². The fraction of sp³-hybridized carbons (Fsp3) is 0.190. The molecule has 0 amide bonds. The van der Waals surface area contributed by atoms with Gasteiger partial charge in [0.1, 0.15) is 29.0 Å². The number of benzene rings is 2. The number of allylic oxidation sites excluding steroid dienone is 1. The van der Waals surface area contributed by atoms with Crippen LogP contribution in [0.4, 0.5) is 32.0 Å². The lowest BCUT2D eigenvalue weighted by molar-refractivity contribution is -0.00591. The Kier molecular flexibility index (Phi) is 5.91. The summed E-state index contributed by atoms with van der Waals surface area (Å²) in [6.45, 7) is 3.12. The highest BCUT2D eigenvalue weighted by atomic mass is 19.3. The third-order valence-corrected chi connectivity index (χ3v) is 4.45.